The lowest BCUT2D eigenvalue weighted by molar-refractivity contribution is -0.123. The van der Waals surface area contributed by atoms with Crippen LogP contribution in [0.25, 0.3) is 0 Å². The smallest absolute Gasteiger partial charge is 0.149 e. The van der Waals surface area contributed by atoms with Crippen LogP contribution in [0.5, 0.6) is 0 Å². The van der Waals surface area contributed by atoms with Crippen LogP contribution in [0.1, 0.15) is 32.6 Å². The van der Waals surface area contributed by atoms with E-state index in [1.54, 1.807) is 0 Å². The first-order valence-electron chi connectivity index (χ1n) is 5.74. The molecule has 0 aromatic heterocycles. The molecule has 1 aliphatic carbocycles. The van der Waals surface area contributed by atoms with Gasteiger partial charge in [-0.05, 0) is 26.8 Å². The maximum absolute atomic E-state index is 11.8. The van der Waals surface area contributed by atoms with Crippen molar-refractivity contribution >= 4 is 5.78 Å². The molecule has 0 bridgehead atoms. The Morgan fingerprint density at radius 3 is 2.67 bits per heavy atom. The molecule has 0 N–H and O–H groups in total. The summed E-state index contributed by atoms with van der Waals surface area (Å²) in [5.74, 6) is 0.663. The molecule has 0 spiro atoms. The minimum Gasteiger partial charge on any atom is -0.298 e. The summed E-state index contributed by atoms with van der Waals surface area (Å²) >= 11 is 0. The van der Waals surface area contributed by atoms with Crippen LogP contribution in [-0.2, 0) is 4.79 Å². The molecule has 0 amide bonds. The van der Waals surface area contributed by atoms with E-state index in [1.165, 1.54) is 12.8 Å². The molecule has 0 radical (unpaired) electrons. The van der Waals surface area contributed by atoms with E-state index in [0.717, 1.165) is 12.8 Å². The van der Waals surface area contributed by atoms with Gasteiger partial charge in [0.25, 0.3) is 0 Å². The fourth-order valence-electron chi connectivity index (χ4n) is 2.22. The fourth-order valence-corrected chi connectivity index (χ4v) is 2.22. The van der Waals surface area contributed by atoms with E-state index in [4.69, 9.17) is 5.26 Å². The Bertz CT molecular complexity index is 251. The van der Waals surface area contributed by atoms with E-state index in [-0.39, 0.29) is 5.92 Å². The third-order valence-corrected chi connectivity index (χ3v) is 3.04. The van der Waals surface area contributed by atoms with Gasteiger partial charge in [-0.15, -0.1) is 0 Å². The molecule has 1 saturated carbocycles. The maximum Gasteiger partial charge on any atom is 0.149 e. The lowest BCUT2D eigenvalue weighted by Crippen LogP contribution is -2.32. The van der Waals surface area contributed by atoms with Crippen LogP contribution in [0.3, 0.4) is 0 Å². The van der Waals surface area contributed by atoms with Gasteiger partial charge in [0.05, 0.1) is 18.5 Å². The monoisotopic (exact) mass is 208 g/mol. The second kappa shape index (κ2) is 5.87. The number of likely N-dealkylation sites (N-methyl/N-ethyl adjacent to an activating group) is 1. The van der Waals surface area contributed by atoms with Crippen molar-refractivity contribution in [3.63, 3.8) is 0 Å². The first-order chi connectivity index (χ1) is 7.13. The summed E-state index contributed by atoms with van der Waals surface area (Å²) in [6.45, 7) is 3.09. The topological polar surface area (TPSA) is 44.1 Å². The molecular weight excluding hydrogens is 188 g/mol. The lowest BCUT2D eigenvalue weighted by Gasteiger charge is -2.18. The molecule has 0 heterocycles. The second-order valence-electron chi connectivity index (χ2n) is 4.67. The summed E-state index contributed by atoms with van der Waals surface area (Å²) < 4.78 is 0. The van der Waals surface area contributed by atoms with Crippen molar-refractivity contribution in [1.29, 1.82) is 5.26 Å². The number of hydrogen-bond donors (Lipinski definition) is 0. The number of hydrogen-bond acceptors (Lipinski definition) is 3. The third kappa shape index (κ3) is 4.01. The number of carbonyl (C=O) groups excluding carboxylic acids is 1. The van der Waals surface area contributed by atoms with Gasteiger partial charge >= 0.3 is 0 Å². The van der Waals surface area contributed by atoms with Crippen LogP contribution in [0.4, 0.5) is 0 Å². The van der Waals surface area contributed by atoms with Gasteiger partial charge < -0.3 is 0 Å². The van der Waals surface area contributed by atoms with Gasteiger partial charge in [0.1, 0.15) is 5.78 Å². The van der Waals surface area contributed by atoms with Crippen LogP contribution in [-0.4, -0.2) is 30.8 Å². The SMILES string of the molecule is CC(C#N)CN(C)CC(=O)C1CCCC1. The fraction of sp³-hybridized carbons (Fsp3) is 0.833. The Labute approximate surface area is 92.1 Å². The highest BCUT2D eigenvalue weighted by atomic mass is 16.1. The summed E-state index contributed by atoms with van der Waals surface area (Å²) in [6.07, 6.45) is 4.55. The zero-order valence-electron chi connectivity index (χ0n) is 9.70. The minimum atomic E-state index is 0.00591. The Morgan fingerprint density at radius 2 is 2.13 bits per heavy atom. The molecule has 0 aliphatic heterocycles. The van der Waals surface area contributed by atoms with Gasteiger partial charge in [-0.1, -0.05) is 12.8 Å². The molecule has 1 aliphatic rings. The van der Waals surface area contributed by atoms with Crippen LogP contribution in [0, 0.1) is 23.2 Å². The molecule has 3 heteroatoms. The average Bonchev–Trinajstić information content (AvgIpc) is 2.70. The van der Waals surface area contributed by atoms with Crippen molar-refractivity contribution in [1.82, 2.24) is 4.90 Å². The lowest BCUT2D eigenvalue weighted by atomic mass is 10.0. The van der Waals surface area contributed by atoms with Crippen molar-refractivity contribution in [2.75, 3.05) is 20.1 Å². The summed E-state index contributed by atoms with van der Waals surface area (Å²) in [4.78, 5) is 13.8. The first-order valence-corrected chi connectivity index (χ1v) is 5.74. The van der Waals surface area contributed by atoms with Crippen LogP contribution in [0.15, 0.2) is 0 Å². The number of rotatable bonds is 5. The first kappa shape index (κ1) is 12.2. The molecule has 3 nitrogen and oxygen atoms in total. The van der Waals surface area contributed by atoms with Crippen molar-refractivity contribution < 1.29 is 4.79 Å². The van der Waals surface area contributed by atoms with Gasteiger partial charge in [0.2, 0.25) is 0 Å². The molecule has 0 saturated heterocycles. The molecule has 1 atom stereocenters. The number of Topliss-reactive ketones (excluding diaryl/α,β-unsaturated/α-hetero) is 1. The van der Waals surface area contributed by atoms with E-state index < -0.39 is 0 Å². The van der Waals surface area contributed by atoms with Gasteiger partial charge in [0.15, 0.2) is 0 Å². The Morgan fingerprint density at radius 1 is 1.53 bits per heavy atom. The highest BCUT2D eigenvalue weighted by Crippen LogP contribution is 2.25. The van der Waals surface area contributed by atoms with Gasteiger partial charge in [-0.2, -0.15) is 5.26 Å². The maximum atomic E-state index is 11.8. The summed E-state index contributed by atoms with van der Waals surface area (Å²) in [5, 5.41) is 8.67. The second-order valence-corrected chi connectivity index (χ2v) is 4.67. The highest BCUT2D eigenvalue weighted by molar-refractivity contribution is 5.83. The summed E-state index contributed by atoms with van der Waals surface area (Å²) in [7, 11) is 1.92. The normalized spacial score (nSPS) is 19.1. The highest BCUT2D eigenvalue weighted by Gasteiger charge is 2.23. The largest absolute Gasteiger partial charge is 0.298 e. The van der Waals surface area contributed by atoms with Gasteiger partial charge in [-0.25, -0.2) is 0 Å². The summed E-state index contributed by atoms with van der Waals surface area (Å²) in [6, 6.07) is 2.19. The molecule has 1 fully saturated rings. The molecule has 15 heavy (non-hydrogen) atoms. The number of nitrogens with zero attached hydrogens (tertiary/aromatic N) is 2. The van der Waals surface area contributed by atoms with Gasteiger partial charge in [-0.3, -0.25) is 9.69 Å². The number of ketones is 1. The van der Waals surface area contributed by atoms with Crippen LogP contribution < -0.4 is 0 Å². The van der Waals surface area contributed by atoms with Crippen LogP contribution >= 0.6 is 0 Å². The van der Waals surface area contributed by atoms with E-state index in [1.807, 2.05) is 18.9 Å². The Balaban J connectivity index is 2.28. The van der Waals surface area contributed by atoms with Crippen molar-refractivity contribution in [2.24, 2.45) is 11.8 Å². The van der Waals surface area contributed by atoms with E-state index in [9.17, 15) is 4.79 Å². The predicted octanol–water partition coefficient (Wildman–Crippen LogP) is 1.84. The Hall–Kier alpha value is -0.880. The average molecular weight is 208 g/mol. The van der Waals surface area contributed by atoms with Crippen molar-refractivity contribution in [2.45, 2.75) is 32.6 Å². The molecule has 1 rings (SSSR count). The van der Waals surface area contributed by atoms with Crippen molar-refractivity contribution in [3.05, 3.63) is 0 Å². The third-order valence-electron chi connectivity index (χ3n) is 3.04. The molecule has 0 aromatic carbocycles. The minimum absolute atomic E-state index is 0.00591. The van der Waals surface area contributed by atoms with Crippen LogP contribution in [0.2, 0.25) is 0 Å². The van der Waals surface area contributed by atoms with E-state index >= 15 is 0 Å². The van der Waals surface area contributed by atoms with E-state index in [2.05, 4.69) is 6.07 Å². The van der Waals surface area contributed by atoms with E-state index in [0.29, 0.717) is 24.8 Å². The molecule has 1 unspecified atom stereocenters. The van der Waals surface area contributed by atoms with Crippen molar-refractivity contribution in [3.8, 4) is 6.07 Å². The molecule has 84 valence electrons. The Kier molecular flexibility index (Phi) is 4.77. The summed E-state index contributed by atoms with van der Waals surface area (Å²) in [5.41, 5.74) is 0. The van der Waals surface area contributed by atoms with Gasteiger partial charge in [0, 0.05) is 12.5 Å². The number of nitriles is 1. The predicted molar refractivity (Wildman–Crippen MR) is 59.2 cm³/mol. The quantitative estimate of drug-likeness (QED) is 0.692. The zero-order chi connectivity index (χ0) is 11.3. The number of carbonyl (C=O) groups is 1. The molecule has 0 aromatic rings. The zero-order valence-corrected chi connectivity index (χ0v) is 9.70. The standard InChI is InChI=1S/C12H20N2O/c1-10(7-13)8-14(2)9-12(15)11-5-3-4-6-11/h10-11H,3-6,8-9H2,1-2H3. The molecular formula is C12H20N2O.